The number of halogens is 2. The number of aromatic nitrogens is 5. The average molecular weight is 341 g/mol. The van der Waals surface area contributed by atoms with E-state index in [9.17, 15) is 0 Å². The molecule has 0 bridgehead atoms. The molecule has 3 rings (SSSR count). The van der Waals surface area contributed by atoms with Gasteiger partial charge in [0.05, 0.1) is 12.4 Å². The minimum absolute atomic E-state index is 0.346. The van der Waals surface area contributed by atoms with Gasteiger partial charge in [-0.3, -0.25) is 0 Å². The Labute approximate surface area is 123 Å². The number of rotatable bonds is 3. The lowest BCUT2D eigenvalue weighted by atomic mass is 10.4. The Morgan fingerprint density at radius 1 is 1.32 bits per heavy atom. The van der Waals surface area contributed by atoms with Crippen molar-refractivity contribution in [1.29, 1.82) is 0 Å². The van der Waals surface area contributed by atoms with Crippen molar-refractivity contribution in [2.75, 3.05) is 0 Å². The maximum absolute atomic E-state index is 5.97. The predicted octanol–water partition coefficient (Wildman–Crippen LogP) is 2.71. The fourth-order valence-corrected chi connectivity index (χ4v) is 2.51. The van der Waals surface area contributed by atoms with Gasteiger partial charge in [0.25, 0.3) is 0 Å². The number of hydrogen-bond donors (Lipinski definition) is 0. The van der Waals surface area contributed by atoms with Gasteiger partial charge in [-0.2, -0.15) is 0 Å². The first-order valence-corrected chi connectivity index (χ1v) is 7.04. The van der Waals surface area contributed by atoms with E-state index in [2.05, 4.69) is 30.9 Å². The molecule has 0 aliphatic carbocycles. The lowest BCUT2D eigenvalue weighted by molar-refractivity contribution is 0.688. The Morgan fingerprint density at radius 2 is 2.16 bits per heavy atom. The van der Waals surface area contributed by atoms with Gasteiger partial charge in [-0.05, 0) is 22.0 Å². The zero-order valence-corrected chi connectivity index (χ0v) is 12.6. The van der Waals surface area contributed by atoms with Gasteiger partial charge in [0.2, 0.25) is 0 Å². The molecule has 0 aliphatic rings. The van der Waals surface area contributed by atoms with E-state index >= 15 is 0 Å². The second kappa shape index (κ2) is 4.94. The van der Waals surface area contributed by atoms with Crippen molar-refractivity contribution >= 4 is 38.7 Å². The van der Waals surface area contributed by atoms with Crippen molar-refractivity contribution < 1.29 is 0 Å². The molecule has 3 heterocycles. The van der Waals surface area contributed by atoms with Crippen LogP contribution in [-0.2, 0) is 19.5 Å². The maximum atomic E-state index is 5.97. The first-order chi connectivity index (χ1) is 9.19. The van der Waals surface area contributed by atoms with Crippen LogP contribution >= 0.6 is 27.5 Å². The molecule has 3 aromatic rings. The van der Waals surface area contributed by atoms with E-state index in [0.29, 0.717) is 12.4 Å². The Bertz CT molecular complexity index is 733. The molecule has 0 aliphatic heterocycles. The molecular weight excluding hydrogens is 330 g/mol. The summed E-state index contributed by atoms with van der Waals surface area (Å²) in [5.74, 6) is 2.08. The van der Waals surface area contributed by atoms with Crippen molar-refractivity contribution in [3.05, 3.63) is 40.8 Å². The molecule has 0 N–H and O–H groups in total. The molecule has 0 spiro atoms. The fourth-order valence-electron chi connectivity index (χ4n) is 1.99. The Kier molecular flexibility index (Phi) is 3.28. The standard InChI is InChI=1S/C12H11BrClN5/c1-18-3-2-15-11(18)7-19-10(5-14)17-9-4-8(13)6-16-12(9)19/h2-4,6H,5,7H2,1H3. The molecule has 7 heteroatoms. The summed E-state index contributed by atoms with van der Waals surface area (Å²) in [6.45, 7) is 0.608. The van der Waals surface area contributed by atoms with E-state index in [1.165, 1.54) is 0 Å². The van der Waals surface area contributed by atoms with E-state index in [4.69, 9.17) is 11.6 Å². The molecule has 0 saturated carbocycles. The highest BCUT2D eigenvalue weighted by Crippen LogP contribution is 2.20. The second-order valence-corrected chi connectivity index (χ2v) is 5.38. The van der Waals surface area contributed by atoms with Crippen molar-refractivity contribution in [3.8, 4) is 0 Å². The van der Waals surface area contributed by atoms with Crippen LogP contribution in [0.2, 0.25) is 0 Å². The Morgan fingerprint density at radius 3 is 2.84 bits per heavy atom. The van der Waals surface area contributed by atoms with Crippen LogP contribution in [0.1, 0.15) is 11.6 Å². The predicted molar refractivity (Wildman–Crippen MR) is 77.1 cm³/mol. The summed E-state index contributed by atoms with van der Waals surface area (Å²) in [5.41, 5.74) is 1.65. The van der Waals surface area contributed by atoms with Gasteiger partial charge < -0.3 is 9.13 Å². The third kappa shape index (κ3) is 2.26. The van der Waals surface area contributed by atoms with Gasteiger partial charge in [-0.15, -0.1) is 11.6 Å². The molecular formula is C12H11BrClN5. The summed E-state index contributed by atoms with van der Waals surface area (Å²) >= 11 is 9.37. The van der Waals surface area contributed by atoms with Gasteiger partial charge in [-0.1, -0.05) is 0 Å². The van der Waals surface area contributed by atoms with Crippen molar-refractivity contribution in [2.45, 2.75) is 12.4 Å². The highest BCUT2D eigenvalue weighted by molar-refractivity contribution is 9.10. The summed E-state index contributed by atoms with van der Waals surface area (Å²) in [6.07, 6.45) is 5.45. The molecule has 5 nitrogen and oxygen atoms in total. The number of nitrogens with zero attached hydrogens (tertiary/aromatic N) is 5. The molecule has 0 atom stereocenters. The fraction of sp³-hybridized carbons (Fsp3) is 0.250. The lowest BCUT2D eigenvalue weighted by Gasteiger charge is -2.07. The number of hydrogen-bond acceptors (Lipinski definition) is 3. The van der Waals surface area contributed by atoms with E-state index in [-0.39, 0.29) is 0 Å². The van der Waals surface area contributed by atoms with Gasteiger partial charge in [0.1, 0.15) is 17.2 Å². The van der Waals surface area contributed by atoms with Crippen LogP contribution in [0.5, 0.6) is 0 Å². The van der Waals surface area contributed by atoms with Gasteiger partial charge in [0, 0.05) is 30.1 Å². The van der Waals surface area contributed by atoms with Crippen LogP contribution in [0.4, 0.5) is 0 Å². The van der Waals surface area contributed by atoms with E-state index < -0.39 is 0 Å². The molecule has 0 saturated heterocycles. The van der Waals surface area contributed by atoms with Gasteiger partial charge >= 0.3 is 0 Å². The van der Waals surface area contributed by atoms with Crippen LogP contribution in [0.25, 0.3) is 11.2 Å². The highest BCUT2D eigenvalue weighted by Gasteiger charge is 2.13. The summed E-state index contributed by atoms with van der Waals surface area (Å²) in [5, 5.41) is 0. The molecule has 98 valence electrons. The number of imidazole rings is 2. The topological polar surface area (TPSA) is 48.5 Å². The van der Waals surface area contributed by atoms with Gasteiger partial charge in [-0.25, -0.2) is 15.0 Å². The third-order valence-corrected chi connectivity index (χ3v) is 3.64. The highest BCUT2D eigenvalue weighted by atomic mass is 79.9. The van der Waals surface area contributed by atoms with Crippen molar-refractivity contribution in [1.82, 2.24) is 24.1 Å². The third-order valence-electron chi connectivity index (χ3n) is 2.97. The molecule has 0 fully saturated rings. The van der Waals surface area contributed by atoms with Crippen molar-refractivity contribution in [2.24, 2.45) is 7.05 Å². The minimum atomic E-state index is 0.346. The molecule has 0 unspecified atom stereocenters. The molecule has 19 heavy (non-hydrogen) atoms. The monoisotopic (exact) mass is 339 g/mol. The Hall–Kier alpha value is -1.40. The van der Waals surface area contributed by atoms with Crippen LogP contribution in [-0.4, -0.2) is 24.1 Å². The molecule has 0 radical (unpaired) electrons. The largest absolute Gasteiger partial charge is 0.337 e. The van der Waals surface area contributed by atoms with E-state index in [1.807, 2.05) is 28.4 Å². The molecule has 0 aromatic carbocycles. The first kappa shape index (κ1) is 12.6. The van der Waals surface area contributed by atoms with Crippen LogP contribution in [0.3, 0.4) is 0 Å². The number of fused-ring (bicyclic) bond motifs is 1. The smallest absolute Gasteiger partial charge is 0.160 e. The summed E-state index contributed by atoms with van der Waals surface area (Å²) in [4.78, 5) is 13.2. The lowest BCUT2D eigenvalue weighted by Crippen LogP contribution is -2.09. The van der Waals surface area contributed by atoms with Crippen molar-refractivity contribution in [3.63, 3.8) is 0 Å². The Balaban J connectivity index is 2.13. The number of alkyl halides is 1. The van der Waals surface area contributed by atoms with Crippen LogP contribution < -0.4 is 0 Å². The zero-order valence-electron chi connectivity index (χ0n) is 10.2. The van der Waals surface area contributed by atoms with Gasteiger partial charge in [0.15, 0.2) is 5.65 Å². The first-order valence-electron chi connectivity index (χ1n) is 5.72. The minimum Gasteiger partial charge on any atom is -0.337 e. The number of aryl methyl sites for hydroxylation is 1. The maximum Gasteiger partial charge on any atom is 0.160 e. The van der Waals surface area contributed by atoms with E-state index in [0.717, 1.165) is 27.3 Å². The quantitative estimate of drug-likeness (QED) is 0.689. The van der Waals surface area contributed by atoms with Crippen LogP contribution in [0.15, 0.2) is 29.1 Å². The normalized spacial score (nSPS) is 11.3. The molecule has 0 amide bonds. The SMILES string of the molecule is Cn1ccnc1Cn1c(CCl)nc2cc(Br)cnc21. The summed E-state index contributed by atoms with van der Waals surface area (Å²) < 4.78 is 4.88. The zero-order chi connectivity index (χ0) is 13.4. The van der Waals surface area contributed by atoms with E-state index in [1.54, 1.807) is 12.4 Å². The molecule has 3 aromatic heterocycles. The number of pyridine rings is 1. The second-order valence-electron chi connectivity index (χ2n) is 4.20. The van der Waals surface area contributed by atoms with Crippen LogP contribution in [0, 0.1) is 0 Å². The summed E-state index contributed by atoms with van der Waals surface area (Å²) in [6, 6.07) is 1.94. The summed E-state index contributed by atoms with van der Waals surface area (Å²) in [7, 11) is 1.96. The average Bonchev–Trinajstić information content (AvgIpc) is 2.94.